The number of hydrogen-bond donors (Lipinski definition) is 2. The quantitative estimate of drug-likeness (QED) is 0.818. The van der Waals surface area contributed by atoms with Crippen LogP contribution in [0.25, 0.3) is 0 Å². The van der Waals surface area contributed by atoms with E-state index in [-0.39, 0.29) is 6.10 Å². The number of nitrogens with zero attached hydrogens (tertiary/aromatic N) is 1. The summed E-state index contributed by atoms with van der Waals surface area (Å²) in [6.07, 6.45) is 3.79. The van der Waals surface area contributed by atoms with E-state index >= 15 is 0 Å². The van der Waals surface area contributed by atoms with Crippen LogP contribution in [0, 0.1) is 6.92 Å². The Bertz CT molecular complexity index is 582. The lowest BCUT2D eigenvalue weighted by atomic mass is 10.1. The number of aryl methyl sites for hydroxylation is 1. The monoisotopic (exact) mass is 271 g/mol. The molecule has 0 amide bonds. The number of ether oxygens (including phenoxy) is 1. The zero-order chi connectivity index (χ0) is 14.5. The molecular formula is C16H21N3O. The molecule has 106 valence electrons. The van der Waals surface area contributed by atoms with Crippen LogP contribution in [0.5, 0.6) is 5.75 Å². The van der Waals surface area contributed by atoms with Gasteiger partial charge in [0.25, 0.3) is 0 Å². The Labute approximate surface area is 120 Å². The van der Waals surface area contributed by atoms with Crippen molar-refractivity contribution in [3.8, 4) is 5.75 Å². The van der Waals surface area contributed by atoms with E-state index in [9.17, 15) is 0 Å². The van der Waals surface area contributed by atoms with E-state index in [1.54, 1.807) is 6.20 Å². The van der Waals surface area contributed by atoms with E-state index in [0.717, 1.165) is 12.2 Å². The van der Waals surface area contributed by atoms with Crippen molar-refractivity contribution in [2.75, 3.05) is 11.1 Å². The Morgan fingerprint density at radius 2 is 2.10 bits per heavy atom. The van der Waals surface area contributed by atoms with E-state index in [0.29, 0.717) is 11.4 Å². The van der Waals surface area contributed by atoms with Gasteiger partial charge in [-0.15, -0.1) is 0 Å². The lowest BCUT2D eigenvalue weighted by molar-refractivity contribution is 0.244. The number of aromatic nitrogens is 1. The zero-order valence-electron chi connectivity index (χ0n) is 12.2. The van der Waals surface area contributed by atoms with Crippen LogP contribution in [0.2, 0.25) is 0 Å². The van der Waals surface area contributed by atoms with Gasteiger partial charge in [-0.1, -0.05) is 0 Å². The molecule has 3 N–H and O–H groups in total. The fourth-order valence-electron chi connectivity index (χ4n) is 1.88. The van der Waals surface area contributed by atoms with Crippen molar-refractivity contribution < 1.29 is 4.74 Å². The van der Waals surface area contributed by atoms with Crippen molar-refractivity contribution in [1.29, 1.82) is 0 Å². The van der Waals surface area contributed by atoms with Crippen molar-refractivity contribution in [3.05, 3.63) is 47.8 Å². The summed E-state index contributed by atoms with van der Waals surface area (Å²) in [5.74, 6) is 0.716. The summed E-state index contributed by atoms with van der Waals surface area (Å²) in [6.45, 7) is 6.77. The highest BCUT2D eigenvalue weighted by Gasteiger charge is 2.05. The van der Waals surface area contributed by atoms with E-state index in [1.165, 1.54) is 11.1 Å². The van der Waals surface area contributed by atoms with Crippen molar-refractivity contribution >= 4 is 11.4 Å². The molecule has 0 saturated heterocycles. The number of nitrogens with two attached hydrogens (primary N) is 1. The number of benzene rings is 1. The third-order valence-electron chi connectivity index (χ3n) is 3.01. The third-order valence-corrected chi connectivity index (χ3v) is 3.01. The first-order valence-electron chi connectivity index (χ1n) is 6.76. The molecule has 0 aliphatic carbocycles. The molecular weight excluding hydrogens is 250 g/mol. The van der Waals surface area contributed by atoms with Crippen LogP contribution in [-0.4, -0.2) is 11.1 Å². The van der Waals surface area contributed by atoms with Crippen LogP contribution < -0.4 is 15.8 Å². The summed E-state index contributed by atoms with van der Waals surface area (Å²) in [5, 5.41) is 3.37. The molecule has 0 fully saturated rings. The molecule has 4 nitrogen and oxygen atoms in total. The SMILES string of the molecule is Cc1ccncc1CNc1ccc(N)c(OC(C)C)c1. The van der Waals surface area contributed by atoms with Gasteiger partial charge in [-0.05, 0) is 50.1 Å². The standard InChI is InChI=1S/C16H21N3O/c1-11(2)20-16-8-14(4-5-15(16)17)19-10-13-9-18-7-6-12(13)3/h4-9,11,19H,10,17H2,1-3H3. The van der Waals surface area contributed by atoms with Gasteiger partial charge in [-0.3, -0.25) is 4.98 Å². The lowest BCUT2D eigenvalue weighted by Crippen LogP contribution is -2.08. The summed E-state index contributed by atoms with van der Waals surface area (Å²) in [5.41, 5.74) is 9.95. The average Bonchev–Trinajstić information content (AvgIpc) is 2.40. The highest BCUT2D eigenvalue weighted by Crippen LogP contribution is 2.26. The van der Waals surface area contributed by atoms with Crippen molar-refractivity contribution in [3.63, 3.8) is 0 Å². The molecule has 0 bridgehead atoms. The first-order chi connectivity index (χ1) is 9.56. The Morgan fingerprint density at radius 3 is 2.80 bits per heavy atom. The van der Waals surface area contributed by atoms with Crippen LogP contribution in [0.1, 0.15) is 25.0 Å². The zero-order valence-corrected chi connectivity index (χ0v) is 12.2. The van der Waals surface area contributed by atoms with Crippen molar-refractivity contribution in [2.24, 2.45) is 0 Å². The Morgan fingerprint density at radius 1 is 1.30 bits per heavy atom. The molecule has 2 rings (SSSR count). The molecule has 0 saturated carbocycles. The first kappa shape index (κ1) is 14.2. The molecule has 1 aromatic carbocycles. The maximum atomic E-state index is 5.91. The van der Waals surface area contributed by atoms with Crippen LogP contribution in [0.3, 0.4) is 0 Å². The van der Waals surface area contributed by atoms with Gasteiger partial charge in [-0.25, -0.2) is 0 Å². The van der Waals surface area contributed by atoms with Gasteiger partial charge in [0.2, 0.25) is 0 Å². The number of nitrogens with one attached hydrogen (secondary N) is 1. The van der Waals surface area contributed by atoms with Crippen molar-refractivity contribution in [2.45, 2.75) is 33.4 Å². The van der Waals surface area contributed by atoms with Gasteiger partial charge in [-0.2, -0.15) is 0 Å². The summed E-state index contributed by atoms with van der Waals surface area (Å²) in [6, 6.07) is 7.75. The van der Waals surface area contributed by atoms with E-state index in [2.05, 4.69) is 17.2 Å². The second-order valence-electron chi connectivity index (χ2n) is 5.07. The number of nitrogen functional groups attached to an aromatic ring is 1. The van der Waals surface area contributed by atoms with Crippen molar-refractivity contribution in [1.82, 2.24) is 4.98 Å². The summed E-state index contributed by atoms with van der Waals surface area (Å²) in [7, 11) is 0. The van der Waals surface area contributed by atoms with Gasteiger partial charge in [0.15, 0.2) is 0 Å². The second-order valence-corrected chi connectivity index (χ2v) is 5.07. The van der Waals surface area contributed by atoms with Crippen LogP contribution in [0.4, 0.5) is 11.4 Å². The molecule has 20 heavy (non-hydrogen) atoms. The molecule has 1 aromatic heterocycles. The highest BCUT2D eigenvalue weighted by atomic mass is 16.5. The number of pyridine rings is 1. The molecule has 0 aliphatic heterocycles. The molecule has 0 unspecified atom stereocenters. The summed E-state index contributed by atoms with van der Waals surface area (Å²) in [4.78, 5) is 4.14. The van der Waals surface area contributed by atoms with Crippen LogP contribution >= 0.6 is 0 Å². The van der Waals surface area contributed by atoms with Crippen LogP contribution in [-0.2, 0) is 6.54 Å². The number of hydrogen-bond acceptors (Lipinski definition) is 4. The first-order valence-corrected chi connectivity index (χ1v) is 6.76. The predicted octanol–water partition coefficient (Wildman–Crippen LogP) is 3.37. The van der Waals surface area contributed by atoms with E-state index < -0.39 is 0 Å². The molecule has 0 spiro atoms. The lowest BCUT2D eigenvalue weighted by Gasteiger charge is -2.14. The fourth-order valence-corrected chi connectivity index (χ4v) is 1.88. The molecule has 0 aliphatic rings. The molecule has 0 atom stereocenters. The molecule has 1 heterocycles. The molecule has 4 heteroatoms. The fraction of sp³-hybridized carbons (Fsp3) is 0.312. The molecule has 0 radical (unpaired) electrons. The number of anilines is 2. The Kier molecular flexibility index (Phi) is 4.45. The smallest absolute Gasteiger partial charge is 0.144 e. The third kappa shape index (κ3) is 3.63. The van der Waals surface area contributed by atoms with Gasteiger partial charge >= 0.3 is 0 Å². The summed E-state index contributed by atoms with van der Waals surface area (Å²) >= 11 is 0. The maximum Gasteiger partial charge on any atom is 0.144 e. The normalized spacial score (nSPS) is 10.6. The minimum absolute atomic E-state index is 0.105. The van der Waals surface area contributed by atoms with Gasteiger partial charge in [0.05, 0.1) is 11.8 Å². The van der Waals surface area contributed by atoms with Gasteiger partial charge in [0.1, 0.15) is 5.75 Å². The predicted molar refractivity (Wildman–Crippen MR) is 82.9 cm³/mol. The van der Waals surface area contributed by atoms with Gasteiger partial charge in [0, 0.05) is 30.7 Å². The summed E-state index contributed by atoms with van der Waals surface area (Å²) < 4.78 is 5.68. The topological polar surface area (TPSA) is 60.2 Å². The highest BCUT2D eigenvalue weighted by molar-refractivity contribution is 5.61. The second kappa shape index (κ2) is 6.28. The number of rotatable bonds is 5. The van der Waals surface area contributed by atoms with E-state index in [4.69, 9.17) is 10.5 Å². The van der Waals surface area contributed by atoms with E-state index in [1.807, 2.05) is 44.3 Å². The minimum Gasteiger partial charge on any atom is -0.489 e. The Balaban J connectivity index is 2.08. The maximum absolute atomic E-state index is 5.91. The largest absolute Gasteiger partial charge is 0.489 e. The Hall–Kier alpha value is -2.23. The average molecular weight is 271 g/mol. The minimum atomic E-state index is 0.105. The molecule has 2 aromatic rings. The van der Waals surface area contributed by atoms with Gasteiger partial charge < -0.3 is 15.8 Å². The van der Waals surface area contributed by atoms with Crippen LogP contribution in [0.15, 0.2) is 36.7 Å².